The van der Waals surface area contributed by atoms with Gasteiger partial charge in [0.1, 0.15) is 5.75 Å². The fourth-order valence-electron chi connectivity index (χ4n) is 2.86. The van der Waals surface area contributed by atoms with Crippen LogP contribution in [0.4, 0.5) is 0 Å². The van der Waals surface area contributed by atoms with Crippen LogP contribution in [0.15, 0.2) is 41.5 Å². The van der Waals surface area contributed by atoms with Crippen LogP contribution in [0.5, 0.6) is 5.75 Å². The van der Waals surface area contributed by atoms with E-state index in [0.29, 0.717) is 18.7 Å². The lowest BCUT2D eigenvalue weighted by Gasteiger charge is -2.25. The molecule has 1 saturated heterocycles. The standard InChI is InChI=1S/C18H19N3O3/c22-16-9-8-13-6-2-3-7-14(13)15(16)12-19-20-17(23)18(24)21-10-4-1-5-11-21/h2-3,6-9,12,22H,1,4-5,10-11H2,(H,20,23)/b19-12+. The topological polar surface area (TPSA) is 82.0 Å². The maximum Gasteiger partial charge on any atom is 0.329 e. The Bertz CT molecular complexity index is 795. The van der Waals surface area contributed by atoms with Gasteiger partial charge in [-0.3, -0.25) is 9.59 Å². The Hall–Kier alpha value is -2.89. The van der Waals surface area contributed by atoms with Gasteiger partial charge >= 0.3 is 11.8 Å². The minimum atomic E-state index is -0.757. The fraction of sp³-hybridized carbons (Fsp3) is 0.278. The number of hydrazone groups is 1. The number of benzene rings is 2. The second-order valence-corrected chi connectivity index (χ2v) is 5.77. The summed E-state index contributed by atoms with van der Waals surface area (Å²) < 4.78 is 0. The van der Waals surface area contributed by atoms with Crippen LogP contribution in [0.3, 0.4) is 0 Å². The SMILES string of the molecule is O=C(N/N=C/c1c(O)ccc2ccccc12)C(=O)N1CCCCC1. The molecule has 2 aromatic rings. The van der Waals surface area contributed by atoms with Gasteiger partial charge in [0.25, 0.3) is 0 Å². The molecule has 6 nitrogen and oxygen atoms in total. The molecule has 1 heterocycles. The largest absolute Gasteiger partial charge is 0.507 e. The Morgan fingerprint density at radius 3 is 2.62 bits per heavy atom. The summed E-state index contributed by atoms with van der Waals surface area (Å²) >= 11 is 0. The van der Waals surface area contributed by atoms with E-state index in [1.54, 1.807) is 17.0 Å². The molecule has 1 fully saturated rings. The maximum atomic E-state index is 12.0. The quantitative estimate of drug-likeness (QED) is 0.503. The number of likely N-dealkylation sites (tertiary alicyclic amines) is 1. The molecule has 0 bridgehead atoms. The monoisotopic (exact) mass is 325 g/mol. The number of phenols is 1. The van der Waals surface area contributed by atoms with Gasteiger partial charge in [-0.25, -0.2) is 5.43 Å². The van der Waals surface area contributed by atoms with Crippen molar-refractivity contribution in [3.63, 3.8) is 0 Å². The van der Waals surface area contributed by atoms with Crippen LogP contribution < -0.4 is 5.43 Å². The summed E-state index contributed by atoms with van der Waals surface area (Å²) in [6.45, 7) is 1.22. The van der Waals surface area contributed by atoms with Gasteiger partial charge in [0, 0.05) is 18.7 Å². The number of rotatable bonds is 2. The fourth-order valence-corrected chi connectivity index (χ4v) is 2.86. The summed E-state index contributed by atoms with van der Waals surface area (Å²) in [5.74, 6) is -1.25. The molecule has 0 saturated carbocycles. The molecule has 0 radical (unpaired) electrons. The molecule has 2 N–H and O–H groups in total. The highest BCUT2D eigenvalue weighted by Crippen LogP contribution is 2.25. The molecule has 0 atom stereocenters. The highest BCUT2D eigenvalue weighted by atomic mass is 16.3. The number of nitrogens with zero attached hydrogens (tertiary/aromatic N) is 2. The van der Waals surface area contributed by atoms with E-state index in [0.717, 1.165) is 30.0 Å². The molecule has 0 aliphatic carbocycles. The molecular formula is C18H19N3O3. The Morgan fingerprint density at radius 2 is 1.83 bits per heavy atom. The number of nitrogens with one attached hydrogen (secondary N) is 1. The Balaban J connectivity index is 1.71. The molecular weight excluding hydrogens is 306 g/mol. The first kappa shape index (κ1) is 16.0. The molecule has 0 aromatic heterocycles. The van der Waals surface area contributed by atoms with Gasteiger partial charge in [0.05, 0.1) is 6.21 Å². The van der Waals surface area contributed by atoms with Crippen molar-refractivity contribution in [3.05, 3.63) is 42.0 Å². The second-order valence-electron chi connectivity index (χ2n) is 5.77. The van der Waals surface area contributed by atoms with Crippen molar-refractivity contribution in [2.24, 2.45) is 5.10 Å². The molecule has 6 heteroatoms. The number of piperidine rings is 1. The Morgan fingerprint density at radius 1 is 1.08 bits per heavy atom. The molecule has 3 rings (SSSR count). The van der Waals surface area contributed by atoms with Crippen LogP contribution >= 0.6 is 0 Å². The van der Waals surface area contributed by atoms with E-state index in [9.17, 15) is 14.7 Å². The number of carbonyl (C=O) groups excluding carboxylic acids is 2. The average Bonchev–Trinajstić information content (AvgIpc) is 2.63. The van der Waals surface area contributed by atoms with Gasteiger partial charge in [-0.2, -0.15) is 5.10 Å². The van der Waals surface area contributed by atoms with E-state index in [1.807, 2.05) is 24.3 Å². The zero-order valence-electron chi connectivity index (χ0n) is 13.2. The molecule has 1 aliphatic heterocycles. The van der Waals surface area contributed by atoms with E-state index in [-0.39, 0.29) is 5.75 Å². The molecule has 0 unspecified atom stereocenters. The third-order valence-corrected chi connectivity index (χ3v) is 4.14. The van der Waals surface area contributed by atoms with E-state index in [4.69, 9.17) is 0 Å². The van der Waals surface area contributed by atoms with E-state index in [1.165, 1.54) is 6.21 Å². The summed E-state index contributed by atoms with van der Waals surface area (Å²) in [4.78, 5) is 25.5. The lowest BCUT2D eigenvalue weighted by atomic mass is 10.0. The summed E-state index contributed by atoms with van der Waals surface area (Å²) in [5.41, 5.74) is 2.75. The zero-order valence-corrected chi connectivity index (χ0v) is 13.2. The maximum absolute atomic E-state index is 12.0. The molecule has 124 valence electrons. The second kappa shape index (κ2) is 7.12. The van der Waals surface area contributed by atoms with Crippen LogP contribution in [-0.4, -0.2) is 41.1 Å². The van der Waals surface area contributed by atoms with E-state index in [2.05, 4.69) is 10.5 Å². The van der Waals surface area contributed by atoms with Crippen LogP contribution in [0.1, 0.15) is 24.8 Å². The number of hydrogen-bond acceptors (Lipinski definition) is 4. The number of carbonyl (C=O) groups is 2. The van der Waals surface area contributed by atoms with Crippen LogP contribution in [0.2, 0.25) is 0 Å². The van der Waals surface area contributed by atoms with Crippen molar-refractivity contribution >= 4 is 28.8 Å². The lowest BCUT2D eigenvalue weighted by molar-refractivity contribution is -0.146. The lowest BCUT2D eigenvalue weighted by Crippen LogP contribution is -2.43. The smallest absolute Gasteiger partial charge is 0.329 e. The van der Waals surface area contributed by atoms with Crippen molar-refractivity contribution in [1.82, 2.24) is 10.3 Å². The molecule has 1 aliphatic rings. The summed E-state index contributed by atoms with van der Waals surface area (Å²) in [6, 6.07) is 10.9. The van der Waals surface area contributed by atoms with Gasteiger partial charge < -0.3 is 10.0 Å². The minimum Gasteiger partial charge on any atom is -0.507 e. The molecule has 24 heavy (non-hydrogen) atoms. The van der Waals surface area contributed by atoms with Crippen molar-refractivity contribution in [2.45, 2.75) is 19.3 Å². The molecule has 2 aromatic carbocycles. The van der Waals surface area contributed by atoms with Crippen molar-refractivity contribution in [2.75, 3.05) is 13.1 Å². The van der Waals surface area contributed by atoms with Gasteiger partial charge in [-0.1, -0.05) is 30.3 Å². The van der Waals surface area contributed by atoms with Crippen molar-refractivity contribution in [1.29, 1.82) is 0 Å². The first-order valence-electron chi connectivity index (χ1n) is 8.00. The van der Waals surface area contributed by atoms with Crippen molar-refractivity contribution < 1.29 is 14.7 Å². The third kappa shape index (κ3) is 3.37. The van der Waals surface area contributed by atoms with E-state index < -0.39 is 11.8 Å². The average molecular weight is 325 g/mol. The minimum absolute atomic E-state index is 0.0639. The number of fused-ring (bicyclic) bond motifs is 1. The summed E-state index contributed by atoms with van der Waals surface area (Å²) in [5, 5.41) is 15.6. The third-order valence-electron chi connectivity index (χ3n) is 4.14. The predicted molar refractivity (Wildman–Crippen MR) is 91.8 cm³/mol. The van der Waals surface area contributed by atoms with Crippen LogP contribution in [0, 0.1) is 0 Å². The predicted octanol–water partition coefficient (Wildman–Crippen LogP) is 2.01. The van der Waals surface area contributed by atoms with E-state index >= 15 is 0 Å². The number of aromatic hydroxyl groups is 1. The first-order valence-corrected chi connectivity index (χ1v) is 8.00. The Kier molecular flexibility index (Phi) is 4.74. The van der Waals surface area contributed by atoms with Crippen LogP contribution in [-0.2, 0) is 9.59 Å². The zero-order chi connectivity index (χ0) is 16.9. The van der Waals surface area contributed by atoms with Gasteiger partial charge in [0.15, 0.2) is 0 Å². The summed E-state index contributed by atoms with van der Waals surface area (Å²) in [6.07, 6.45) is 4.29. The van der Waals surface area contributed by atoms with Gasteiger partial charge in [-0.15, -0.1) is 0 Å². The molecule has 2 amide bonds. The number of hydrogen-bond donors (Lipinski definition) is 2. The normalized spacial score (nSPS) is 14.9. The van der Waals surface area contributed by atoms with Crippen molar-refractivity contribution in [3.8, 4) is 5.75 Å². The number of amides is 2. The van der Waals surface area contributed by atoms with Crippen LogP contribution in [0.25, 0.3) is 10.8 Å². The number of phenolic OH excluding ortho intramolecular Hbond substituents is 1. The highest BCUT2D eigenvalue weighted by molar-refractivity contribution is 6.35. The first-order chi connectivity index (χ1) is 11.7. The Labute approximate surface area is 139 Å². The highest BCUT2D eigenvalue weighted by Gasteiger charge is 2.22. The van der Waals surface area contributed by atoms with Gasteiger partial charge in [0.2, 0.25) is 0 Å². The summed E-state index contributed by atoms with van der Waals surface area (Å²) in [7, 11) is 0. The molecule has 0 spiro atoms. The van der Waals surface area contributed by atoms with Gasteiger partial charge in [-0.05, 0) is 36.1 Å².